The van der Waals surface area contributed by atoms with Crippen molar-refractivity contribution in [3.8, 4) is 11.5 Å². The summed E-state index contributed by atoms with van der Waals surface area (Å²) < 4.78 is 14.3. The lowest BCUT2D eigenvalue weighted by atomic mass is 9.85. The van der Waals surface area contributed by atoms with Crippen LogP contribution in [0.15, 0.2) is 36.8 Å². The normalized spacial score (nSPS) is 18.4. The van der Waals surface area contributed by atoms with Crippen LogP contribution in [-0.2, 0) is 22.6 Å². The predicted molar refractivity (Wildman–Crippen MR) is 128 cm³/mol. The van der Waals surface area contributed by atoms with Crippen LogP contribution in [0.3, 0.4) is 0 Å². The molecule has 0 spiro atoms. The van der Waals surface area contributed by atoms with Crippen molar-refractivity contribution in [3.63, 3.8) is 0 Å². The molecule has 1 fully saturated rings. The molecule has 0 unspecified atom stereocenters. The van der Waals surface area contributed by atoms with Crippen LogP contribution >= 0.6 is 0 Å². The SMILES string of the molecule is COc1cccc(OC)c1Cn1cc(CC[C@H](NC(=O)C2CCC(n3ccnn3)CC2)C(=O)O)nn1. The minimum Gasteiger partial charge on any atom is -0.496 e. The molecule has 192 valence electrons. The van der Waals surface area contributed by atoms with Crippen molar-refractivity contribution in [2.75, 3.05) is 14.2 Å². The van der Waals surface area contributed by atoms with Gasteiger partial charge in [0.25, 0.3) is 0 Å². The zero-order valence-electron chi connectivity index (χ0n) is 20.4. The van der Waals surface area contributed by atoms with E-state index in [9.17, 15) is 14.7 Å². The third kappa shape index (κ3) is 5.99. The second kappa shape index (κ2) is 11.6. The molecule has 2 N–H and O–H groups in total. The number of amides is 1. The number of carbonyl (C=O) groups is 2. The Morgan fingerprint density at radius 1 is 1.14 bits per heavy atom. The van der Waals surface area contributed by atoms with E-state index in [0.29, 0.717) is 43.0 Å². The van der Waals surface area contributed by atoms with Crippen LogP contribution in [0.2, 0.25) is 0 Å². The summed E-state index contributed by atoms with van der Waals surface area (Å²) in [4.78, 5) is 24.6. The van der Waals surface area contributed by atoms with E-state index >= 15 is 0 Å². The number of rotatable bonds is 11. The number of benzene rings is 1. The zero-order chi connectivity index (χ0) is 25.5. The van der Waals surface area contributed by atoms with E-state index in [0.717, 1.165) is 18.4 Å². The van der Waals surface area contributed by atoms with Crippen LogP contribution in [0.1, 0.15) is 49.4 Å². The fourth-order valence-electron chi connectivity index (χ4n) is 4.63. The first kappa shape index (κ1) is 25.1. The van der Waals surface area contributed by atoms with Gasteiger partial charge in [-0.05, 0) is 50.7 Å². The van der Waals surface area contributed by atoms with E-state index in [-0.39, 0.29) is 24.3 Å². The van der Waals surface area contributed by atoms with Gasteiger partial charge in [0, 0.05) is 18.3 Å². The van der Waals surface area contributed by atoms with Gasteiger partial charge < -0.3 is 19.9 Å². The second-order valence-corrected chi connectivity index (χ2v) is 8.88. The van der Waals surface area contributed by atoms with Crippen LogP contribution < -0.4 is 14.8 Å². The van der Waals surface area contributed by atoms with Gasteiger partial charge in [-0.3, -0.25) is 4.79 Å². The largest absolute Gasteiger partial charge is 0.496 e. The average molecular weight is 498 g/mol. The summed E-state index contributed by atoms with van der Waals surface area (Å²) in [6, 6.07) is 4.76. The summed E-state index contributed by atoms with van der Waals surface area (Å²) >= 11 is 0. The number of aryl methyl sites for hydroxylation is 1. The number of hydrogen-bond acceptors (Lipinski definition) is 8. The first-order chi connectivity index (χ1) is 17.5. The summed E-state index contributed by atoms with van der Waals surface area (Å²) in [7, 11) is 3.18. The Hall–Kier alpha value is -3.96. The lowest BCUT2D eigenvalue weighted by Gasteiger charge is -2.28. The number of carboxylic acids is 1. The smallest absolute Gasteiger partial charge is 0.326 e. The fraction of sp³-hybridized carbons (Fsp3) is 0.500. The molecule has 12 nitrogen and oxygen atoms in total. The highest BCUT2D eigenvalue weighted by atomic mass is 16.5. The van der Waals surface area contributed by atoms with Gasteiger partial charge in [-0.1, -0.05) is 16.5 Å². The highest BCUT2D eigenvalue weighted by molar-refractivity contribution is 5.85. The number of nitrogens with one attached hydrogen (secondary N) is 1. The molecular formula is C24H31N7O5. The van der Waals surface area contributed by atoms with Crippen molar-refractivity contribution in [1.29, 1.82) is 0 Å². The number of aromatic nitrogens is 6. The van der Waals surface area contributed by atoms with Gasteiger partial charge in [0.2, 0.25) is 5.91 Å². The van der Waals surface area contributed by atoms with Gasteiger partial charge in [0.1, 0.15) is 17.5 Å². The maximum atomic E-state index is 12.8. The van der Waals surface area contributed by atoms with Crippen molar-refractivity contribution in [2.45, 2.75) is 57.2 Å². The van der Waals surface area contributed by atoms with Crippen molar-refractivity contribution < 1.29 is 24.2 Å². The minimum atomic E-state index is -1.06. The van der Waals surface area contributed by atoms with Crippen molar-refractivity contribution in [1.82, 2.24) is 35.3 Å². The Bertz CT molecular complexity index is 1130. The lowest BCUT2D eigenvalue weighted by molar-refractivity contribution is -0.142. The van der Waals surface area contributed by atoms with Gasteiger partial charge in [-0.2, -0.15) is 0 Å². The molecule has 0 saturated heterocycles. The Labute approximate surface area is 208 Å². The molecule has 12 heteroatoms. The van der Waals surface area contributed by atoms with E-state index in [1.807, 2.05) is 29.1 Å². The highest BCUT2D eigenvalue weighted by Gasteiger charge is 2.30. The number of methoxy groups -OCH3 is 2. The maximum Gasteiger partial charge on any atom is 0.326 e. The third-order valence-electron chi connectivity index (χ3n) is 6.62. The number of carbonyl (C=O) groups excluding carboxylic acids is 1. The van der Waals surface area contributed by atoms with Crippen molar-refractivity contribution >= 4 is 11.9 Å². The van der Waals surface area contributed by atoms with Crippen LogP contribution in [-0.4, -0.2) is 67.2 Å². The van der Waals surface area contributed by atoms with Gasteiger partial charge >= 0.3 is 5.97 Å². The molecule has 36 heavy (non-hydrogen) atoms. The molecule has 2 aromatic heterocycles. The van der Waals surface area contributed by atoms with Crippen LogP contribution in [0.25, 0.3) is 0 Å². The minimum absolute atomic E-state index is 0.205. The highest BCUT2D eigenvalue weighted by Crippen LogP contribution is 2.32. The number of nitrogens with zero attached hydrogens (tertiary/aromatic N) is 6. The Kier molecular flexibility index (Phi) is 8.13. The van der Waals surface area contributed by atoms with E-state index in [1.165, 1.54) is 0 Å². The van der Waals surface area contributed by atoms with E-state index in [4.69, 9.17) is 9.47 Å². The first-order valence-corrected chi connectivity index (χ1v) is 12.0. The number of carboxylic acid groups (broad SMARTS) is 1. The van der Waals surface area contributed by atoms with E-state index in [1.54, 1.807) is 31.3 Å². The molecule has 1 saturated carbocycles. The second-order valence-electron chi connectivity index (χ2n) is 8.88. The molecule has 0 radical (unpaired) electrons. The average Bonchev–Trinajstić information content (AvgIpc) is 3.59. The van der Waals surface area contributed by atoms with E-state index < -0.39 is 12.0 Å². The number of aliphatic carboxylic acids is 1. The summed E-state index contributed by atoms with van der Waals surface area (Å²) in [5, 5.41) is 28.6. The van der Waals surface area contributed by atoms with Crippen LogP contribution in [0.5, 0.6) is 11.5 Å². The fourth-order valence-corrected chi connectivity index (χ4v) is 4.63. The first-order valence-electron chi connectivity index (χ1n) is 12.0. The molecule has 1 atom stereocenters. The Morgan fingerprint density at radius 2 is 1.86 bits per heavy atom. The van der Waals surface area contributed by atoms with Crippen LogP contribution in [0, 0.1) is 5.92 Å². The van der Waals surface area contributed by atoms with Gasteiger partial charge in [0.05, 0.1) is 44.3 Å². The molecule has 1 amide bonds. The predicted octanol–water partition coefficient (Wildman–Crippen LogP) is 1.87. The van der Waals surface area contributed by atoms with Gasteiger partial charge in [0.15, 0.2) is 0 Å². The maximum absolute atomic E-state index is 12.8. The summed E-state index contributed by atoms with van der Waals surface area (Å²) in [6.45, 7) is 0.385. The zero-order valence-corrected chi connectivity index (χ0v) is 20.4. The Morgan fingerprint density at radius 3 is 2.47 bits per heavy atom. The Balaban J connectivity index is 1.30. The summed E-state index contributed by atoms with van der Waals surface area (Å²) in [5.74, 6) is -0.133. The molecule has 1 aliphatic carbocycles. The molecule has 1 aromatic carbocycles. The third-order valence-corrected chi connectivity index (χ3v) is 6.62. The molecule has 0 aliphatic heterocycles. The lowest BCUT2D eigenvalue weighted by Crippen LogP contribution is -2.44. The molecule has 0 bridgehead atoms. The van der Waals surface area contributed by atoms with Crippen LogP contribution in [0.4, 0.5) is 0 Å². The summed E-state index contributed by atoms with van der Waals surface area (Å²) in [5.41, 5.74) is 1.46. The van der Waals surface area contributed by atoms with Gasteiger partial charge in [-0.25, -0.2) is 14.2 Å². The molecule has 3 aromatic rings. The standard InChI is InChI=1S/C24H31N7O5/c1-35-21-4-3-5-22(36-2)19(21)15-30-14-17(27-29-30)8-11-20(24(33)34)26-23(32)16-6-9-18(10-7-16)31-13-12-25-28-31/h3-5,12-14,16,18,20H,6-11,15H2,1-2H3,(H,26,32)(H,33,34)/t16?,18?,20-/m0/s1. The number of ether oxygens (including phenoxy) is 2. The monoisotopic (exact) mass is 497 g/mol. The molecule has 2 heterocycles. The topological polar surface area (TPSA) is 146 Å². The quantitative estimate of drug-likeness (QED) is 0.405. The number of hydrogen-bond donors (Lipinski definition) is 2. The van der Waals surface area contributed by atoms with Crippen molar-refractivity contribution in [3.05, 3.63) is 48.0 Å². The molecular weight excluding hydrogens is 466 g/mol. The summed E-state index contributed by atoms with van der Waals surface area (Å²) in [6.07, 6.45) is 8.79. The molecule has 4 rings (SSSR count). The van der Waals surface area contributed by atoms with E-state index in [2.05, 4.69) is 25.9 Å². The molecule has 1 aliphatic rings. The van der Waals surface area contributed by atoms with Gasteiger partial charge in [-0.15, -0.1) is 10.2 Å². The van der Waals surface area contributed by atoms with Crippen molar-refractivity contribution in [2.24, 2.45) is 5.92 Å².